The van der Waals surface area contributed by atoms with Gasteiger partial charge in [0.05, 0.1) is 54.2 Å². The number of carboxylic acids is 1. The Labute approximate surface area is 303 Å². The van der Waals surface area contributed by atoms with Gasteiger partial charge in [-0.15, -0.1) is 0 Å². The maximum absolute atomic E-state index is 14.2. The molecule has 0 radical (unpaired) electrons. The Kier molecular flexibility index (Phi) is 10.9. The molecule has 3 aliphatic rings. The van der Waals surface area contributed by atoms with Crippen molar-refractivity contribution >= 4 is 71.3 Å². The fourth-order valence-corrected chi connectivity index (χ4v) is 10.4. The van der Waals surface area contributed by atoms with Crippen molar-refractivity contribution in [2.75, 3.05) is 19.8 Å². The van der Waals surface area contributed by atoms with Gasteiger partial charge in [-0.3, -0.25) is 19.2 Å². The van der Waals surface area contributed by atoms with E-state index in [1.807, 2.05) is 72.8 Å². The fraction of sp³-hybridized carbons (Fsp3) is 0.176. The van der Waals surface area contributed by atoms with Crippen LogP contribution in [0.15, 0.2) is 99.9 Å². The third kappa shape index (κ3) is 7.15. The molecule has 252 valence electrons. The predicted molar refractivity (Wildman–Crippen MR) is 184 cm³/mol. The summed E-state index contributed by atoms with van der Waals surface area (Å²) in [5.74, 6) is -1.44. The zero-order valence-electron chi connectivity index (χ0n) is 25.8. The van der Waals surface area contributed by atoms with Crippen LogP contribution >= 0.6 is 47.0 Å². The van der Waals surface area contributed by atoms with Crippen LogP contribution in [0, 0.1) is 22.7 Å². The van der Waals surface area contributed by atoms with Crippen LogP contribution in [0.3, 0.4) is 0 Å². The fourth-order valence-electron chi connectivity index (χ4n) is 5.04. The number of aliphatic carboxylic acids is 1. The predicted octanol–water partition coefficient (Wildman–Crippen LogP) is 5.94. The molecule has 3 aromatic rings. The summed E-state index contributed by atoms with van der Waals surface area (Å²) in [6, 6.07) is 22.5. The van der Waals surface area contributed by atoms with Crippen LogP contribution in [0.1, 0.15) is 17.5 Å². The Hall–Kier alpha value is -5.00. The summed E-state index contributed by atoms with van der Waals surface area (Å²) in [5.41, 5.74) is 1.51. The summed E-state index contributed by atoms with van der Waals surface area (Å²) in [5, 5.41) is 31.4. The van der Waals surface area contributed by atoms with E-state index < -0.39 is 17.8 Å². The molecule has 0 unspecified atom stereocenters. The van der Waals surface area contributed by atoms with Gasteiger partial charge in [0, 0.05) is 0 Å². The average molecular weight is 745 g/mol. The third-order valence-electron chi connectivity index (χ3n) is 7.26. The number of thioether (sulfide) groups is 4. The molecule has 1 N–H and O–H groups in total. The molecule has 3 aliphatic heterocycles. The van der Waals surface area contributed by atoms with E-state index >= 15 is 0 Å². The molecule has 0 aliphatic carbocycles. The van der Waals surface area contributed by atoms with Gasteiger partial charge in [-0.1, -0.05) is 108 Å². The number of amides is 2. The minimum Gasteiger partial charge on any atom is -0.491 e. The smallest absolute Gasteiger partial charge is 0.306 e. The molecule has 1 fully saturated rings. The van der Waals surface area contributed by atoms with Crippen molar-refractivity contribution in [1.29, 1.82) is 10.5 Å². The van der Waals surface area contributed by atoms with Crippen LogP contribution in [-0.4, -0.2) is 59.2 Å². The highest BCUT2D eigenvalue weighted by atomic mass is 32.2. The number of allylic oxidation sites excluding steroid dienone is 1. The van der Waals surface area contributed by atoms with Crippen LogP contribution in [0.25, 0.3) is 0 Å². The van der Waals surface area contributed by atoms with Gasteiger partial charge in [0.25, 0.3) is 18.3 Å². The van der Waals surface area contributed by atoms with Crippen LogP contribution in [0.2, 0.25) is 0 Å². The number of benzene rings is 3. The first-order valence-electron chi connectivity index (χ1n) is 14.8. The first kappa shape index (κ1) is 34.8. The number of carboxylic acid groups (broad SMARTS) is 1. The Morgan fingerprint density at radius 3 is 1.68 bits per heavy atom. The topological polar surface area (TPSA) is 170 Å². The largest absolute Gasteiger partial charge is 0.491 e. The van der Waals surface area contributed by atoms with Crippen molar-refractivity contribution in [3.63, 3.8) is 0 Å². The summed E-state index contributed by atoms with van der Waals surface area (Å²) in [4.78, 5) is 52.6. The number of carbonyl (C=O) groups is 4. The second-order valence-corrected chi connectivity index (χ2v) is 15.0. The molecule has 3 aromatic carbocycles. The van der Waals surface area contributed by atoms with Gasteiger partial charge >= 0.3 is 5.97 Å². The summed E-state index contributed by atoms with van der Waals surface area (Å²) in [7, 11) is 0. The van der Waals surface area contributed by atoms with Crippen molar-refractivity contribution in [2.45, 2.75) is 39.1 Å². The minimum absolute atomic E-state index is 0.0351. The van der Waals surface area contributed by atoms with E-state index in [0.29, 0.717) is 40.3 Å². The van der Waals surface area contributed by atoms with Crippen molar-refractivity contribution in [3.8, 4) is 23.6 Å². The van der Waals surface area contributed by atoms with E-state index in [0.717, 1.165) is 58.2 Å². The molecule has 50 heavy (non-hydrogen) atoms. The van der Waals surface area contributed by atoms with E-state index in [9.17, 15) is 34.8 Å². The van der Waals surface area contributed by atoms with Crippen LogP contribution in [0.5, 0.6) is 11.5 Å². The number of nitrogens with zero attached hydrogens (tertiary/aromatic N) is 4. The molecule has 0 saturated carbocycles. The highest BCUT2D eigenvalue weighted by molar-refractivity contribution is 8.26. The highest BCUT2D eigenvalue weighted by Gasteiger charge is 2.46. The second-order valence-electron chi connectivity index (χ2n) is 10.4. The number of nitriles is 2. The first-order valence-corrected chi connectivity index (χ1v) is 18.1. The molecule has 12 nitrogen and oxygen atoms in total. The van der Waals surface area contributed by atoms with Crippen molar-refractivity contribution in [1.82, 2.24) is 10.0 Å². The molecule has 3 heterocycles. The van der Waals surface area contributed by atoms with Crippen molar-refractivity contribution < 1.29 is 38.5 Å². The quantitative estimate of drug-likeness (QED) is 0.0717. The number of hydrogen-bond donors (Lipinski definition) is 1. The van der Waals surface area contributed by atoms with Crippen molar-refractivity contribution in [2.24, 2.45) is 0 Å². The molecule has 0 atom stereocenters. The van der Waals surface area contributed by atoms with Gasteiger partial charge in [-0.2, -0.15) is 10.5 Å². The third-order valence-corrected chi connectivity index (χ3v) is 12.5. The molecular weight excluding hydrogens is 721 g/mol. The van der Waals surface area contributed by atoms with Gasteiger partial charge < -0.3 is 19.3 Å². The number of rotatable bonds is 13. The van der Waals surface area contributed by atoms with Gasteiger partial charge in [-0.05, 0) is 11.1 Å². The van der Waals surface area contributed by atoms with Gasteiger partial charge in [-0.25, -0.2) is 10.0 Å². The normalized spacial score (nSPS) is 14.6. The molecular formula is C34H24N4O8S4. The van der Waals surface area contributed by atoms with Gasteiger partial charge in [0.15, 0.2) is 0 Å². The molecule has 2 amide bonds. The monoisotopic (exact) mass is 744 g/mol. The van der Waals surface area contributed by atoms with E-state index in [1.54, 1.807) is 0 Å². The number of hydrogen-bond acceptors (Lipinski definition) is 13. The van der Waals surface area contributed by atoms with E-state index in [-0.39, 0.29) is 56.2 Å². The number of carbonyl (C=O) groups excluding carboxylic acids is 3. The lowest BCUT2D eigenvalue weighted by molar-refractivity contribution is -0.149. The first-order chi connectivity index (χ1) is 24.3. The summed E-state index contributed by atoms with van der Waals surface area (Å²) in [6.07, 6.45) is -0.307. The molecule has 6 rings (SSSR count). The lowest BCUT2D eigenvalue weighted by Gasteiger charge is -2.27. The lowest BCUT2D eigenvalue weighted by atomic mass is 10.2. The summed E-state index contributed by atoms with van der Waals surface area (Å²) in [6.45, 7) is 0.292. The van der Waals surface area contributed by atoms with Crippen LogP contribution in [0.4, 0.5) is 0 Å². The molecule has 0 aromatic heterocycles. The lowest BCUT2D eigenvalue weighted by Crippen LogP contribution is -2.39. The number of ether oxygens (including phenoxy) is 3. The maximum Gasteiger partial charge on any atom is 0.306 e. The number of hydrazine groups is 1. The second kappa shape index (κ2) is 15.7. The Morgan fingerprint density at radius 1 is 0.740 bits per heavy atom. The standard InChI is InChI=1S/C34H24N4O8S4/c35-15-22(16-36)33-47-27-25(45-12-11-23(40)41)29-30(26(28(27)48-33)46-14-13-44-19-39)50-34(49-29)24-31(42)37(17-20-7-3-1-4-8-20)38(32(24)43)18-21-9-5-2-6-10-21/h1-10,19H,11-14,17-18H2,(H,40,41). The van der Waals surface area contributed by atoms with E-state index in [1.165, 1.54) is 10.0 Å². The van der Waals surface area contributed by atoms with Crippen LogP contribution < -0.4 is 9.47 Å². The minimum atomic E-state index is -1.07. The average Bonchev–Trinajstić information content (AvgIpc) is 3.81. The van der Waals surface area contributed by atoms with Gasteiger partial charge in [0.1, 0.15) is 48.0 Å². The molecule has 16 heteroatoms. The van der Waals surface area contributed by atoms with Crippen molar-refractivity contribution in [3.05, 3.63) is 91.4 Å². The van der Waals surface area contributed by atoms with Crippen LogP contribution in [-0.2, 0) is 37.0 Å². The zero-order valence-corrected chi connectivity index (χ0v) is 29.1. The maximum atomic E-state index is 14.2. The summed E-state index contributed by atoms with van der Waals surface area (Å²) < 4.78 is 17.8. The summed E-state index contributed by atoms with van der Waals surface area (Å²) >= 11 is 4.49. The van der Waals surface area contributed by atoms with Gasteiger partial charge in [0.2, 0.25) is 0 Å². The Balaban J connectivity index is 1.45. The Bertz CT molecular complexity index is 1950. The Morgan fingerprint density at radius 2 is 1.22 bits per heavy atom. The highest BCUT2D eigenvalue weighted by Crippen LogP contribution is 2.68. The molecule has 0 spiro atoms. The molecule has 1 saturated heterocycles. The zero-order chi connectivity index (χ0) is 35.2. The SMILES string of the molecule is N#CC(C#N)=C1Sc2c(OCCOC=O)c3c(c(OCCC(=O)O)c2S1)SC(=C1C(=O)N(Cc2ccccc2)N(Cc2ccccc2)C1=O)S3. The molecule has 0 bridgehead atoms. The van der Waals surface area contributed by atoms with E-state index in [4.69, 9.17) is 14.2 Å². The van der Waals surface area contributed by atoms with E-state index in [2.05, 4.69) is 0 Å². The number of fused-ring (bicyclic) bond motifs is 2.